The van der Waals surface area contributed by atoms with E-state index in [0.29, 0.717) is 0 Å². The number of nitrogens with zero attached hydrogens (tertiary/aromatic N) is 3. The van der Waals surface area contributed by atoms with Crippen molar-refractivity contribution in [3.8, 4) is 6.07 Å². The lowest BCUT2D eigenvalue weighted by Crippen LogP contribution is -2.46. The van der Waals surface area contributed by atoms with Gasteiger partial charge in [0.15, 0.2) is 0 Å². The van der Waals surface area contributed by atoms with Gasteiger partial charge in [0.05, 0.1) is 17.8 Å². The Kier molecular flexibility index (Phi) is 2.73. The molecule has 0 amide bonds. The van der Waals surface area contributed by atoms with E-state index in [1.165, 1.54) is 0 Å². The lowest BCUT2D eigenvalue weighted by atomic mass is 10.0. The number of nitrogens with one attached hydrogen (secondary N) is 1. The molecule has 1 N–H and O–H groups in total. The lowest BCUT2D eigenvalue weighted by Gasteiger charge is -2.26. The summed E-state index contributed by atoms with van der Waals surface area (Å²) in [6.45, 7) is 1.53. The molecular formula is C10H11N4. The molecule has 2 unspecified atom stereocenters. The van der Waals surface area contributed by atoms with E-state index in [9.17, 15) is 0 Å². The van der Waals surface area contributed by atoms with Crippen LogP contribution >= 0.6 is 0 Å². The quantitative estimate of drug-likeness (QED) is 0.684. The molecule has 1 fully saturated rings. The molecule has 1 aromatic rings. The highest BCUT2D eigenvalue weighted by Gasteiger charge is 2.27. The van der Waals surface area contributed by atoms with E-state index in [-0.39, 0.29) is 12.1 Å². The van der Waals surface area contributed by atoms with Gasteiger partial charge in [0.25, 0.3) is 0 Å². The average Bonchev–Trinajstić information content (AvgIpc) is 2.30. The minimum absolute atomic E-state index is 0.116. The smallest absolute Gasteiger partial charge is 0.118 e. The summed E-state index contributed by atoms with van der Waals surface area (Å²) in [6.07, 6.45) is 1.73. The monoisotopic (exact) mass is 187 g/mol. The number of aromatic nitrogens is 1. The summed E-state index contributed by atoms with van der Waals surface area (Å²) in [7, 11) is 0. The Hall–Kier alpha value is -1.44. The molecule has 0 aromatic carbocycles. The largest absolute Gasteiger partial charge is 0.299 e. The molecule has 4 heteroatoms. The summed E-state index contributed by atoms with van der Waals surface area (Å²) in [6, 6.07) is 7.54. The molecular weight excluding hydrogens is 176 g/mol. The van der Waals surface area contributed by atoms with Crippen molar-refractivity contribution in [2.75, 3.05) is 13.1 Å². The molecule has 4 nitrogen and oxygen atoms in total. The standard InChI is InChI=1S/C10H11N4/c11-7-9-10(14-6-5-13-9)8-3-1-2-4-12-8/h1-4,9-10,13H,5-6H2. The maximum absolute atomic E-state index is 8.92. The Morgan fingerprint density at radius 2 is 2.43 bits per heavy atom. The number of rotatable bonds is 1. The van der Waals surface area contributed by atoms with Gasteiger partial charge in [-0.25, -0.2) is 5.32 Å². The molecule has 71 valence electrons. The van der Waals surface area contributed by atoms with Gasteiger partial charge in [0.1, 0.15) is 6.04 Å². The molecule has 1 saturated heterocycles. The summed E-state index contributed by atoms with van der Waals surface area (Å²) < 4.78 is 0. The van der Waals surface area contributed by atoms with Crippen molar-refractivity contribution in [3.05, 3.63) is 30.1 Å². The van der Waals surface area contributed by atoms with E-state index in [4.69, 9.17) is 5.26 Å². The van der Waals surface area contributed by atoms with E-state index >= 15 is 0 Å². The number of piperazine rings is 1. The van der Waals surface area contributed by atoms with Crippen LogP contribution in [0.4, 0.5) is 0 Å². The number of nitriles is 1. The molecule has 1 radical (unpaired) electrons. The zero-order valence-electron chi connectivity index (χ0n) is 7.72. The third-order valence-electron chi connectivity index (χ3n) is 2.25. The predicted molar refractivity (Wildman–Crippen MR) is 51.4 cm³/mol. The highest BCUT2D eigenvalue weighted by atomic mass is 15.1. The number of hydrogen-bond donors (Lipinski definition) is 1. The molecule has 2 atom stereocenters. The van der Waals surface area contributed by atoms with Crippen LogP contribution < -0.4 is 10.6 Å². The minimum Gasteiger partial charge on any atom is -0.299 e. The molecule has 1 aromatic heterocycles. The summed E-state index contributed by atoms with van der Waals surface area (Å²) >= 11 is 0. The van der Waals surface area contributed by atoms with Gasteiger partial charge in [-0.05, 0) is 12.1 Å². The van der Waals surface area contributed by atoms with E-state index < -0.39 is 0 Å². The van der Waals surface area contributed by atoms with Gasteiger partial charge in [0, 0.05) is 19.3 Å². The maximum Gasteiger partial charge on any atom is 0.118 e. The first-order valence-electron chi connectivity index (χ1n) is 4.62. The van der Waals surface area contributed by atoms with Crippen LogP contribution in [0, 0.1) is 11.3 Å². The van der Waals surface area contributed by atoms with Crippen LogP contribution in [0.1, 0.15) is 11.7 Å². The topological polar surface area (TPSA) is 62.8 Å². The number of hydrogen-bond acceptors (Lipinski definition) is 3. The summed E-state index contributed by atoms with van der Waals surface area (Å²) in [5, 5.41) is 16.4. The molecule has 0 bridgehead atoms. The van der Waals surface area contributed by atoms with E-state index in [1.807, 2.05) is 18.2 Å². The predicted octanol–water partition coefficient (Wildman–Crippen LogP) is 0.222. The van der Waals surface area contributed by atoms with Crippen molar-refractivity contribution in [1.29, 1.82) is 5.26 Å². The van der Waals surface area contributed by atoms with Crippen LogP contribution in [-0.4, -0.2) is 24.1 Å². The van der Waals surface area contributed by atoms with Crippen LogP contribution in [0.25, 0.3) is 0 Å². The highest BCUT2D eigenvalue weighted by molar-refractivity contribution is 5.16. The number of pyridine rings is 1. The Labute approximate surface area is 83.0 Å². The molecule has 2 rings (SSSR count). The Morgan fingerprint density at radius 1 is 1.50 bits per heavy atom. The first kappa shape index (κ1) is 9.13. The SMILES string of the molecule is N#CC1NCC[N]C1c1ccccn1. The van der Waals surface area contributed by atoms with Crippen molar-refractivity contribution >= 4 is 0 Å². The Morgan fingerprint density at radius 3 is 3.14 bits per heavy atom. The van der Waals surface area contributed by atoms with Crippen molar-refractivity contribution < 1.29 is 0 Å². The van der Waals surface area contributed by atoms with Crippen LogP contribution in [0.15, 0.2) is 24.4 Å². The van der Waals surface area contributed by atoms with Crippen molar-refractivity contribution in [2.24, 2.45) is 0 Å². The van der Waals surface area contributed by atoms with E-state index in [0.717, 1.165) is 18.8 Å². The molecule has 1 aliphatic heterocycles. The van der Waals surface area contributed by atoms with Gasteiger partial charge in [0.2, 0.25) is 0 Å². The molecule has 2 heterocycles. The van der Waals surface area contributed by atoms with Gasteiger partial charge in [-0.3, -0.25) is 10.3 Å². The summed E-state index contributed by atoms with van der Waals surface area (Å²) in [4.78, 5) is 4.22. The van der Waals surface area contributed by atoms with Crippen molar-refractivity contribution in [1.82, 2.24) is 15.6 Å². The second kappa shape index (κ2) is 4.18. The van der Waals surface area contributed by atoms with Crippen LogP contribution in [-0.2, 0) is 0 Å². The molecule has 14 heavy (non-hydrogen) atoms. The second-order valence-corrected chi connectivity index (χ2v) is 3.17. The normalized spacial score (nSPS) is 26.8. The van der Waals surface area contributed by atoms with Gasteiger partial charge >= 0.3 is 0 Å². The first-order valence-corrected chi connectivity index (χ1v) is 4.62. The zero-order valence-corrected chi connectivity index (χ0v) is 7.72. The first-order chi connectivity index (χ1) is 6.92. The van der Waals surface area contributed by atoms with E-state index in [1.54, 1.807) is 6.20 Å². The Balaban J connectivity index is 2.20. The summed E-state index contributed by atoms with van der Waals surface area (Å²) in [5.41, 5.74) is 0.867. The Bertz CT molecular complexity index is 330. The maximum atomic E-state index is 8.92. The van der Waals surface area contributed by atoms with Crippen LogP contribution in [0.3, 0.4) is 0 Å². The van der Waals surface area contributed by atoms with Gasteiger partial charge in [-0.1, -0.05) is 6.07 Å². The van der Waals surface area contributed by atoms with Crippen molar-refractivity contribution in [3.63, 3.8) is 0 Å². The molecule has 0 aliphatic carbocycles. The molecule has 1 aliphatic rings. The molecule has 0 saturated carbocycles. The fourth-order valence-corrected chi connectivity index (χ4v) is 1.57. The lowest BCUT2D eigenvalue weighted by molar-refractivity contribution is 0.363. The van der Waals surface area contributed by atoms with E-state index in [2.05, 4.69) is 21.7 Å². The summed E-state index contributed by atoms with van der Waals surface area (Å²) in [5.74, 6) is 0. The minimum atomic E-state index is -0.237. The van der Waals surface area contributed by atoms with Gasteiger partial charge in [-0.2, -0.15) is 5.26 Å². The second-order valence-electron chi connectivity index (χ2n) is 3.17. The average molecular weight is 187 g/mol. The van der Waals surface area contributed by atoms with Gasteiger partial charge < -0.3 is 0 Å². The molecule has 0 spiro atoms. The van der Waals surface area contributed by atoms with Crippen LogP contribution in [0.2, 0.25) is 0 Å². The fraction of sp³-hybridized carbons (Fsp3) is 0.400. The zero-order chi connectivity index (χ0) is 9.80. The third kappa shape index (κ3) is 1.74. The van der Waals surface area contributed by atoms with Crippen molar-refractivity contribution in [2.45, 2.75) is 12.1 Å². The fourth-order valence-electron chi connectivity index (χ4n) is 1.57. The third-order valence-corrected chi connectivity index (χ3v) is 2.25. The highest BCUT2D eigenvalue weighted by Crippen LogP contribution is 2.17. The van der Waals surface area contributed by atoms with Crippen LogP contribution in [0.5, 0.6) is 0 Å². The van der Waals surface area contributed by atoms with Gasteiger partial charge in [-0.15, -0.1) is 0 Å².